The van der Waals surface area contributed by atoms with E-state index in [1.54, 1.807) is 0 Å². The van der Waals surface area contributed by atoms with Crippen molar-refractivity contribution in [1.29, 1.82) is 0 Å². The van der Waals surface area contributed by atoms with Crippen molar-refractivity contribution in [2.45, 2.75) is 52.4 Å². The lowest BCUT2D eigenvalue weighted by Crippen LogP contribution is -2.30. The lowest BCUT2D eigenvalue weighted by molar-refractivity contribution is 0.632. The molecule has 0 saturated carbocycles. The van der Waals surface area contributed by atoms with Crippen LogP contribution in [0.5, 0.6) is 0 Å². The largest absolute Gasteiger partial charge is 0.310 e. The van der Waals surface area contributed by atoms with Gasteiger partial charge in [0.2, 0.25) is 0 Å². The number of benzene rings is 5. The molecule has 2 aliphatic heterocycles. The highest BCUT2D eigenvalue weighted by Crippen LogP contribution is 2.53. The van der Waals surface area contributed by atoms with Crippen LogP contribution in [0.3, 0.4) is 0 Å². The summed E-state index contributed by atoms with van der Waals surface area (Å²) in [6.45, 7) is 22.3. The highest BCUT2D eigenvalue weighted by atomic mass is 15.2. The Morgan fingerprint density at radius 3 is 1.50 bits per heavy atom. The summed E-state index contributed by atoms with van der Waals surface area (Å²) < 4.78 is 0. The van der Waals surface area contributed by atoms with E-state index < -0.39 is 0 Å². The van der Waals surface area contributed by atoms with Crippen LogP contribution in [0.1, 0.15) is 74.9 Å². The lowest BCUT2D eigenvalue weighted by Gasteiger charge is -2.42. The Balaban J connectivity index is 1.47. The predicted molar refractivity (Wildman–Crippen MR) is 252 cm³/mol. The molecule has 0 saturated heterocycles. The van der Waals surface area contributed by atoms with E-state index in [0.717, 1.165) is 38.8 Å². The van der Waals surface area contributed by atoms with Gasteiger partial charge in [-0.05, 0) is 118 Å². The molecule has 0 amide bonds. The third-order valence-electron chi connectivity index (χ3n) is 12.1. The van der Waals surface area contributed by atoms with Gasteiger partial charge < -0.3 is 9.80 Å². The standard InChI is InChI=1S/C56H52N2/c1-9-11-22-39(3)43-25-21-24-41(57-51-30-17-13-26-47(51)55(5,6)48-27-14-18-31-52(48)57)34-36-44(40(4)23-12-10-2)46-38-42(35-37-45(43)46)58-53-32-19-15-28-49(53)56(7,8)50-29-16-20-33-54(50)58/h9-38H,2,4H2,1,3,5-8H3/b11-9-,23-12-,24-21?,25-21?,36-34?,39-22+,41-24?,41-34?,43-25?,44-36?,45-43?,46-44?. The van der Waals surface area contributed by atoms with Crippen LogP contribution in [0, 0.1) is 0 Å². The molecule has 0 fully saturated rings. The minimum absolute atomic E-state index is 0.155. The molecular formula is C56H52N2. The summed E-state index contributed by atoms with van der Waals surface area (Å²) >= 11 is 0. The van der Waals surface area contributed by atoms with E-state index >= 15 is 0 Å². The van der Waals surface area contributed by atoms with Crippen LogP contribution in [-0.4, -0.2) is 0 Å². The first-order valence-corrected chi connectivity index (χ1v) is 20.3. The van der Waals surface area contributed by atoms with Crippen LogP contribution >= 0.6 is 0 Å². The van der Waals surface area contributed by atoms with Gasteiger partial charge in [0.1, 0.15) is 0 Å². The van der Waals surface area contributed by atoms with E-state index in [9.17, 15) is 0 Å². The van der Waals surface area contributed by atoms with E-state index in [-0.39, 0.29) is 10.8 Å². The van der Waals surface area contributed by atoms with E-state index in [4.69, 9.17) is 6.58 Å². The molecule has 2 nitrogen and oxygen atoms in total. The fourth-order valence-electron chi connectivity index (χ4n) is 9.05. The molecule has 0 aromatic heterocycles. The zero-order chi connectivity index (χ0) is 40.6. The van der Waals surface area contributed by atoms with Crippen LogP contribution in [-0.2, 0) is 10.8 Å². The van der Waals surface area contributed by atoms with Gasteiger partial charge in [0.25, 0.3) is 0 Å². The topological polar surface area (TPSA) is 6.48 Å². The van der Waals surface area contributed by atoms with Crippen LogP contribution in [0.4, 0.5) is 34.1 Å². The molecule has 6 aromatic rings. The summed E-state index contributed by atoms with van der Waals surface area (Å²) in [6, 6.07) is 53.5. The minimum Gasteiger partial charge on any atom is -0.310 e. The molecule has 6 aromatic carbocycles. The Hall–Kier alpha value is -6.64. The molecule has 0 N–H and O–H groups in total. The maximum Gasteiger partial charge on any atom is 0.0502 e. The number of nitrogens with zero attached hydrogens (tertiary/aromatic N) is 2. The molecule has 2 heterocycles. The van der Waals surface area contributed by atoms with Gasteiger partial charge in [-0.1, -0.05) is 174 Å². The van der Waals surface area contributed by atoms with Gasteiger partial charge in [0.15, 0.2) is 0 Å². The summed E-state index contributed by atoms with van der Waals surface area (Å²) in [5.74, 6) is 0. The maximum atomic E-state index is 4.70. The zero-order valence-corrected chi connectivity index (χ0v) is 34.6. The fourth-order valence-corrected chi connectivity index (χ4v) is 9.05. The number of allylic oxidation sites excluding steroid dienone is 8. The quantitative estimate of drug-likeness (QED) is 0.150. The van der Waals surface area contributed by atoms with Crippen LogP contribution in [0.15, 0.2) is 195 Å². The number of hydrogen-bond acceptors (Lipinski definition) is 2. The number of hydrogen-bond donors (Lipinski definition) is 0. The molecule has 2 heteroatoms. The van der Waals surface area contributed by atoms with Gasteiger partial charge in [0.05, 0.1) is 22.7 Å². The van der Waals surface area contributed by atoms with Crippen molar-refractivity contribution in [3.8, 4) is 0 Å². The van der Waals surface area contributed by atoms with Crippen molar-refractivity contribution >= 4 is 56.0 Å². The highest BCUT2D eigenvalue weighted by molar-refractivity contribution is 6.03. The van der Waals surface area contributed by atoms with Gasteiger partial charge in [-0.15, -0.1) is 0 Å². The van der Waals surface area contributed by atoms with E-state index in [1.807, 2.05) is 12.2 Å². The van der Waals surface area contributed by atoms with Crippen molar-refractivity contribution in [3.05, 3.63) is 229 Å². The molecule has 286 valence electrons. The summed E-state index contributed by atoms with van der Waals surface area (Å²) in [7, 11) is 0. The van der Waals surface area contributed by atoms with Crippen molar-refractivity contribution in [2.75, 3.05) is 9.80 Å². The summed E-state index contributed by atoms with van der Waals surface area (Å²) in [4.78, 5) is 4.85. The smallest absolute Gasteiger partial charge is 0.0502 e. The van der Waals surface area contributed by atoms with Gasteiger partial charge in [-0.2, -0.15) is 0 Å². The molecule has 58 heavy (non-hydrogen) atoms. The summed E-state index contributed by atoms with van der Waals surface area (Å²) in [5, 5.41) is 2.24. The minimum atomic E-state index is -0.160. The highest BCUT2D eigenvalue weighted by Gasteiger charge is 2.37. The Morgan fingerprint density at radius 2 is 1.00 bits per heavy atom. The Labute approximate surface area is 345 Å². The normalized spacial score (nSPS) is 15.0. The first-order chi connectivity index (χ1) is 28.1. The lowest BCUT2D eigenvalue weighted by atomic mass is 9.73. The second kappa shape index (κ2) is 15.4. The third-order valence-corrected chi connectivity index (χ3v) is 12.1. The molecular weight excluding hydrogens is 701 g/mol. The van der Waals surface area contributed by atoms with Crippen molar-refractivity contribution in [2.24, 2.45) is 0 Å². The molecule has 8 rings (SSSR count). The van der Waals surface area contributed by atoms with Gasteiger partial charge in [-0.25, -0.2) is 0 Å². The molecule has 0 radical (unpaired) electrons. The predicted octanol–water partition coefficient (Wildman–Crippen LogP) is 15.9. The van der Waals surface area contributed by atoms with Crippen LogP contribution < -0.4 is 9.80 Å². The Kier molecular flexibility index (Phi) is 10.1. The second-order valence-corrected chi connectivity index (χ2v) is 16.3. The van der Waals surface area contributed by atoms with E-state index in [0.29, 0.717) is 0 Å². The Morgan fingerprint density at radius 1 is 0.517 bits per heavy atom. The summed E-state index contributed by atoms with van der Waals surface area (Å²) in [5.41, 5.74) is 16.0. The first kappa shape index (κ1) is 38.2. The van der Waals surface area contributed by atoms with E-state index in [1.165, 1.54) is 50.6 Å². The van der Waals surface area contributed by atoms with Gasteiger partial charge in [-0.3, -0.25) is 0 Å². The molecule has 0 bridgehead atoms. The second-order valence-electron chi connectivity index (χ2n) is 16.3. The van der Waals surface area contributed by atoms with Crippen molar-refractivity contribution in [1.82, 2.24) is 0 Å². The molecule has 0 unspecified atom stereocenters. The number of rotatable bonds is 7. The van der Waals surface area contributed by atoms with Crippen LogP contribution in [0.25, 0.3) is 21.9 Å². The van der Waals surface area contributed by atoms with Crippen molar-refractivity contribution < 1.29 is 0 Å². The molecule has 2 aliphatic rings. The third kappa shape index (κ3) is 6.49. The molecule has 0 aliphatic carbocycles. The van der Waals surface area contributed by atoms with E-state index in [2.05, 4.69) is 228 Å². The average Bonchev–Trinajstić information content (AvgIpc) is 3.24. The monoisotopic (exact) mass is 752 g/mol. The number of anilines is 6. The maximum absolute atomic E-state index is 4.70. The Bertz CT molecular complexity index is 2540. The zero-order valence-electron chi connectivity index (χ0n) is 34.6. The van der Waals surface area contributed by atoms with Crippen molar-refractivity contribution in [3.63, 3.8) is 0 Å². The summed E-state index contributed by atoms with van der Waals surface area (Å²) in [6.07, 6.45) is 12.3. The number of para-hydroxylation sites is 4. The van der Waals surface area contributed by atoms with Gasteiger partial charge in [0, 0.05) is 22.2 Å². The fraction of sp³-hybridized carbons (Fsp3) is 0.143. The van der Waals surface area contributed by atoms with Crippen LogP contribution in [0.2, 0.25) is 0 Å². The average molecular weight is 753 g/mol. The SMILES string of the molecule is C=C/C=C\C(=C)c1ccc(N2c3ccccc3C(C)(C)c3ccccc32)cccc(/C(C)=C/C=C\C)c2ccc(N3c4ccccc4C(C)(C)c4ccccc43)cc12. The molecule has 0 atom stereocenters. The van der Waals surface area contributed by atoms with Gasteiger partial charge >= 0.3 is 0 Å². The number of fused-ring (bicyclic) bond motifs is 5. The molecule has 0 spiro atoms. The first-order valence-electron chi connectivity index (χ1n) is 20.3.